The Morgan fingerprint density at radius 2 is 2.12 bits per heavy atom. The van der Waals surface area contributed by atoms with Gasteiger partial charge in [0.2, 0.25) is 5.91 Å². The van der Waals surface area contributed by atoms with Crippen LogP contribution in [0.15, 0.2) is 24.3 Å². The molecule has 1 amide bonds. The number of nitrogens with one attached hydrogen (secondary N) is 1. The molecule has 0 unspecified atom stereocenters. The summed E-state index contributed by atoms with van der Waals surface area (Å²) in [5.41, 5.74) is 0.358. The summed E-state index contributed by atoms with van der Waals surface area (Å²) in [4.78, 5) is 21.0. The summed E-state index contributed by atoms with van der Waals surface area (Å²) in [5.74, 6) is -0.691. The molecule has 16 heavy (non-hydrogen) atoms. The summed E-state index contributed by atoms with van der Waals surface area (Å²) in [6.07, 6.45) is 3.62. The number of carbonyl (C=O) groups excluding carboxylic acids is 2. The van der Waals surface area contributed by atoms with Crippen molar-refractivity contribution in [3.8, 4) is 0 Å². The molecule has 4 heteroatoms. The Balaban J connectivity index is 2.73. The zero-order valence-electron chi connectivity index (χ0n) is 8.87. The van der Waals surface area contributed by atoms with Crippen molar-refractivity contribution in [3.05, 3.63) is 41.2 Å². The highest BCUT2D eigenvalue weighted by Crippen LogP contribution is 2.12. The quantitative estimate of drug-likeness (QED) is 0.788. The number of benzene rings is 1. The van der Waals surface area contributed by atoms with Crippen LogP contribution in [0, 0.1) is 5.82 Å². The van der Waals surface area contributed by atoms with E-state index in [1.807, 2.05) is 0 Å². The van der Waals surface area contributed by atoms with E-state index in [2.05, 4.69) is 5.32 Å². The lowest BCUT2D eigenvalue weighted by molar-refractivity contribution is -0.118. The molecule has 0 atom stereocenters. The maximum atomic E-state index is 13.5. The molecule has 0 aliphatic carbocycles. The van der Waals surface area contributed by atoms with E-state index in [0.29, 0.717) is 18.4 Å². The van der Waals surface area contributed by atoms with Crippen LogP contribution >= 0.6 is 0 Å². The number of hydrogen-bond acceptors (Lipinski definition) is 2. The molecule has 3 nitrogen and oxygen atoms in total. The second-order valence-electron chi connectivity index (χ2n) is 3.21. The molecule has 0 saturated carbocycles. The lowest BCUT2D eigenvalue weighted by Gasteiger charge is -1.99. The van der Waals surface area contributed by atoms with Crippen LogP contribution < -0.4 is 5.32 Å². The zero-order chi connectivity index (χ0) is 12.0. The van der Waals surface area contributed by atoms with E-state index < -0.39 is 5.82 Å². The minimum atomic E-state index is -0.545. The van der Waals surface area contributed by atoms with E-state index in [1.165, 1.54) is 19.1 Å². The van der Waals surface area contributed by atoms with Gasteiger partial charge >= 0.3 is 0 Å². The van der Waals surface area contributed by atoms with Crippen LogP contribution in [0.1, 0.15) is 22.8 Å². The molecule has 84 valence electrons. The minimum absolute atomic E-state index is 0.0293. The van der Waals surface area contributed by atoms with Crippen molar-refractivity contribution in [2.45, 2.75) is 6.92 Å². The van der Waals surface area contributed by atoms with Crippen LogP contribution in [0.3, 0.4) is 0 Å². The Morgan fingerprint density at radius 3 is 2.75 bits per heavy atom. The van der Waals surface area contributed by atoms with Gasteiger partial charge in [-0.05, 0) is 6.07 Å². The molecule has 1 N–H and O–H groups in total. The standard InChI is InChI=1S/C12H12FNO2/c1-9(16)14-7-3-6-10-4-2-5-11(8-15)12(10)13/h2-6,8H,7H2,1H3,(H,14,16). The van der Waals surface area contributed by atoms with Gasteiger partial charge in [-0.2, -0.15) is 0 Å². The predicted molar refractivity (Wildman–Crippen MR) is 59.5 cm³/mol. The molecule has 1 rings (SSSR count). The van der Waals surface area contributed by atoms with Gasteiger partial charge in [-0.1, -0.05) is 24.3 Å². The largest absolute Gasteiger partial charge is 0.353 e. The van der Waals surface area contributed by atoms with Crippen LogP contribution in [-0.2, 0) is 4.79 Å². The normalized spacial score (nSPS) is 10.4. The first-order valence-electron chi connectivity index (χ1n) is 4.80. The van der Waals surface area contributed by atoms with Gasteiger partial charge in [0.25, 0.3) is 0 Å². The minimum Gasteiger partial charge on any atom is -0.353 e. The Hall–Kier alpha value is -1.97. The molecule has 0 spiro atoms. The first-order chi connectivity index (χ1) is 7.65. The number of halogens is 1. The van der Waals surface area contributed by atoms with E-state index in [4.69, 9.17) is 0 Å². The Kier molecular flexibility index (Phi) is 4.39. The summed E-state index contributed by atoms with van der Waals surface area (Å²) in [6.45, 7) is 1.74. The summed E-state index contributed by atoms with van der Waals surface area (Å²) >= 11 is 0. The molecule has 0 heterocycles. The average molecular weight is 221 g/mol. The third kappa shape index (κ3) is 3.31. The van der Waals surface area contributed by atoms with E-state index in [-0.39, 0.29) is 11.5 Å². The highest BCUT2D eigenvalue weighted by molar-refractivity contribution is 5.77. The summed E-state index contributed by atoms with van der Waals surface area (Å²) < 4.78 is 13.5. The second-order valence-corrected chi connectivity index (χ2v) is 3.21. The molecule has 0 aromatic heterocycles. The number of hydrogen-bond donors (Lipinski definition) is 1. The molecule has 0 aliphatic heterocycles. The monoisotopic (exact) mass is 221 g/mol. The third-order valence-electron chi connectivity index (χ3n) is 1.95. The lowest BCUT2D eigenvalue weighted by atomic mass is 10.1. The lowest BCUT2D eigenvalue weighted by Crippen LogP contribution is -2.19. The van der Waals surface area contributed by atoms with Gasteiger partial charge in [-0.15, -0.1) is 0 Å². The van der Waals surface area contributed by atoms with E-state index in [1.54, 1.807) is 18.2 Å². The summed E-state index contributed by atoms with van der Waals surface area (Å²) in [6, 6.07) is 4.57. The molecule has 1 aromatic rings. The maximum Gasteiger partial charge on any atom is 0.217 e. The van der Waals surface area contributed by atoms with Gasteiger partial charge in [-0.3, -0.25) is 9.59 Å². The molecular weight excluding hydrogens is 209 g/mol. The molecule has 0 saturated heterocycles. The average Bonchev–Trinajstić information content (AvgIpc) is 2.26. The zero-order valence-corrected chi connectivity index (χ0v) is 8.87. The van der Waals surface area contributed by atoms with Crippen LogP contribution in [0.4, 0.5) is 4.39 Å². The van der Waals surface area contributed by atoms with Gasteiger partial charge in [0, 0.05) is 19.0 Å². The highest BCUT2D eigenvalue weighted by Gasteiger charge is 2.03. The van der Waals surface area contributed by atoms with Gasteiger partial charge in [0.15, 0.2) is 6.29 Å². The Bertz CT molecular complexity index is 427. The number of rotatable bonds is 4. The van der Waals surface area contributed by atoms with Crippen LogP contribution in [0.5, 0.6) is 0 Å². The van der Waals surface area contributed by atoms with E-state index >= 15 is 0 Å². The topological polar surface area (TPSA) is 46.2 Å². The fourth-order valence-electron chi connectivity index (χ4n) is 1.18. The molecule has 1 aromatic carbocycles. The first-order valence-corrected chi connectivity index (χ1v) is 4.80. The van der Waals surface area contributed by atoms with E-state index in [0.717, 1.165) is 0 Å². The molecule has 0 bridgehead atoms. The van der Waals surface area contributed by atoms with Gasteiger partial charge in [0.05, 0.1) is 5.56 Å². The van der Waals surface area contributed by atoms with Crippen molar-refractivity contribution < 1.29 is 14.0 Å². The molecule has 0 fully saturated rings. The molecular formula is C12H12FNO2. The van der Waals surface area contributed by atoms with Crippen molar-refractivity contribution in [3.63, 3.8) is 0 Å². The van der Waals surface area contributed by atoms with Crippen LogP contribution in [-0.4, -0.2) is 18.7 Å². The van der Waals surface area contributed by atoms with Crippen molar-refractivity contribution in [1.82, 2.24) is 5.32 Å². The first kappa shape index (κ1) is 12.1. The fourth-order valence-corrected chi connectivity index (χ4v) is 1.18. The maximum absolute atomic E-state index is 13.5. The van der Waals surface area contributed by atoms with Crippen molar-refractivity contribution in [2.24, 2.45) is 0 Å². The van der Waals surface area contributed by atoms with Gasteiger partial charge < -0.3 is 5.32 Å². The van der Waals surface area contributed by atoms with E-state index in [9.17, 15) is 14.0 Å². The Labute approximate surface area is 93.0 Å². The second kappa shape index (κ2) is 5.80. The molecule has 0 aliphatic rings. The third-order valence-corrected chi connectivity index (χ3v) is 1.95. The van der Waals surface area contributed by atoms with Gasteiger partial charge in [0.1, 0.15) is 5.82 Å². The van der Waals surface area contributed by atoms with Crippen molar-refractivity contribution in [1.29, 1.82) is 0 Å². The fraction of sp³-hybridized carbons (Fsp3) is 0.167. The van der Waals surface area contributed by atoms with Crippen molar-refractivity contribution in [2.75, 3.05) is 6.54 Å². The summed E-state index contributed by atoms with van der Waals surface area (Å²) in [5, 5.41) is 2.55. The SMILES string of the molecule is CC(=O)NCC=Cc1cccc(C=O)c1F. The predicted octanol–water partition coefficient (Wildman–Crippen LogP) is 1.79. The Morgan fingerprint density at radius 1 is 1.44 bits per heavy atom. The number of aldehydes is 1. The highest BCUT2D eigenvalue weighted by atomic mass is 19.1. The van der Waals surface area contributed by atoms with Crippen LogP contribution in [0.2, 0.25) is 0 Å². The van der Waals surface area contributed by atoms with Gasteiger partial charge in [-0.25, -0.2) is 4.39 Å². The number of amides is 1. The summed E-state index contributed by atoms with van der Waals surface area (Å²) in [7, 11) is 0. The van der Waals surface area contributed by atoms with Crippen molar-refractivity contribution >= 4 is 18.3 Å². The molecule has 0 radical (unpaired) electrons. The van der Waals surface area contributed by atoms with Crippen LogP contribution in [0.25, 0.3) is 6.08 Å². The number of carbonyl (C=O) groups is 2. The smallest absolute Gasteiger partial charge is 0.217 e.